The van der Waals surface area contributed by atoms with Gasteiger partial charge in [-0.25, -0.2) is 4.98 Å². The molecule has 0 N–H and O–H groups in total. The lowest BCUT2D eigenvalue weighted by atomic mass is 10.2. The number of rotatable bonds is 5. The van der Waals surface area contributed by atoms with E-state index in [4.69, 9.17) is 9.73 Å². The first-order valence-electron chi connectivity index (χ1n) is 11.6. The van der Waals surface area contributed by atoms with Crippen molar-refractivity contribution >= 4 is 50.2 Å². The van der Waals surface area contributed by atoms with Crippen LogP contribution in [0.1, 0.15) is 0 Å². The molecule has 0 atom stereocenters. The smallest absolute Gasteiger partial charge is 0.126 e. The second-order valence-corrected chi connectivity index (χ2v) is 12.3. The van der Waals surface area contributed by atoms with Crippen LogP contribution in [0.2, 0.25) is 0 Å². The zero-order chi connectivity index (χ0) is 23.5. The molecular weight excluding hydrogens is 463 g/mol. The van der Waals surface area contributed by atoms with Gasteiger partial charge in [0.25, 0.3) is 0 Å². The molecule has 35 heavy (non-hydrogen) atoms. The van der Waals surface area contributed by atoms with E-state index in [0.717, 1.165) is 21.8 Å². The molecule has 0 fully saturated rings. The van der Waals surface area contributed by atoms with Gasteiger partial charge in [0.2, 0.25) is 0 Å². The van der Waals surface area contributed by atoms with E-state index in [-0.39, 0.29) is 0 Å². The minimum atomic E-state index is -2.36. The topological polar surface area (TPSA) is 25.2 Å². The molecule has 0 unspecified atom stereocenters. The lowest BCUT2D eigenvalue weighted by Crippen LogP contribution is -2.25. The summed E-state index contributed by atoms with van der Waals surface area (Å²) < 4.78 is 6.91. The Kier molecular flexibility index (Phi) is 5.88. The summed E-state index contributed by atoms with van der Waals surface area (Å²) in [6.45, 7) is 0. The molecule has 0 aliphatic rings. The van der Waals surface area contributed by atoms with E-state index in [2.05, 4.69) is 133 Å². The van der Waals surface area contributed by atoms with Gasteiger partial charge in [-0.15, -0.1) is 11.3 Å². The van der Waals surface area contributed by atoms with Crippen molar-refractivity contribution in [3.8, 4) is 10.6 Å². The average molecular weight is 487 g/mol. The van der Waals surface area contributed by atoms with Crippen molar-refractivity contribution in [1.29, 1.82) is 0 Å². The number of hydrogen-bond donors (Lipinski definition) is 0. The fourth-order valence-corrected chi connectivity index (χ4v) is 8.99. The third-order valence-electron chi connectivity index (χ3n) is 6.08. The van der Waals surface area contributed by atoms with Crippen LogP contribution in [0.5, 0.6) is 0 Å². The van der Waals surface area contributed by atoms with E-state index >= 15 is 0 Å². The van der Waals surface area contributed by atoms with Crippen LogP contribution in [-0.2, 0) is 0 Å². The first kappa shape index (κ1) is 21.7. The molecule has 0 amide bonds. The highest BCUT2D eigenvalue weighted by atomic mass is 32.1. The summed E-state index contributed by atoms with van der Waals surface area (Å²) >= 11 is 1.72. The Bertz CT molecular complexity index is 1510. The van der Waals surface area contributed by atoms with Crippen LogP contribution in [0.25, 0.3) is 20.8 Å². The van der Waals surface area contributed by atoms with Gasteiger partial charge >= 0.3 is 0 Å². The Labute approximate surface area is 209 Å². The minimum Gasteiger partial charge on any atom is -0.253 e. The summed E-state index contributed by atoms with van der Waals surface area (Å²) in [6.07, 6.45) is 0. The van der Waals surface area contributed by atoms with Crippen LogP contribution in [0.4, 0.5) is 5.69 Å². The van der Waals surface area contributed by atoms with Crippen LogP contribution in [0.15, 0.2) is 144 Å². The van der Waals surface area contributed by atoms with Crippen LogP contribution in [0.3, 0.4) is 0 Å². The molecule has 0 aliphatic carbocycles. The van der Waals surface area contributed by atoms with Gasteiger partial charge in [0.1, 0.15) is 5.01 Å². The first-order chi connectivity index (χ1) is 17.3. The normalized spacial score (nSPS) is 11.4. The van der Waals surface area contributed by atoms with E-state index in [9.17, 15) is 0 Å². The Morgan fingerprint density at radius 1 is 0.514 bits per heavy atom. The molecule has 4 heteroatoms. The van der Waals surface area contributed by atoms with Crippen molar-refractivity contribution < 1.29 is 0 Å². The molecule has 0 radical (unpaired) electrons. The molecular formula is C31H23N2PS. The number of benzene rings is 5. The number of aromatic nitrogens is 1. The Morgan fingerprint density at radius 3 is 1.57 bits per heavy atom. The molecule has 5 aromatic carbocycles. The molecule has 0 saturated carbocycles. The van der Waals surface area contributed by atoms with E-state index in [1.54, 1.807) is 11.3 Å². The predicted octanol–water partition coefficient (Wildman–Crippen LogP) is 7.77. The largest absolute Gasteiger partial charge is 0.253 e. The Morgan fingerprint density at radius 2 is 1.00 bits per heavy atom. The summed E-state index contributed by atoms with van der Waals surface area (Å²) in [6, 6.07) is 49.0. The van der Waals surface area contributed by atoms with Crippen LogP contribution >= 0.6 is 18.4 Å². The molecule has 0 saturated heterocycles. The molecule has 6 rings (SSSR count). The van der Waals surface area contributed by atoms with Crippen molar-refractivity contribution in [2.24, 2.45) is 4.74 Å². The van der Waals surface area contributed by atoms with E-state index in [0.29, 0.717) is 0 Å². The summed E-state index contributed by atoms with van der Waals surface area (Å²) in [7, 11) is -2.36. The lowest BCUT2D eigenvalue weighted by Gasteiger charge is -2.27. The number of hydrogen-bond acceptors (Lipinski definition) is 3. The van der Waals surface area contributed by atoms with Crippen LogP contribution in [0, 0.1) is 0 Å². The van der Waals surface area contributed by atoms with Crippen LogP contribution in [-0.4, -0.2) is 4.98 Å². The van der Waals surface area contributed by atoms with E-state index < -0.39 is 7.05 Å². The SMILES string of the molecule is c1ccc(P(=Nc2ccccc2-c2nc3ccccc3s2)(c2ccccc2)c2ccccc2)cc1. The van der Waals surface area contributed by atoms with Gasteiger partial charge in [0.05, 0.1) is 23.0 Å². The van der Waals surface area contributed by atoms with Gasteiger partial charge in [-0.05, 0) is 24.3 Å². The standard InChI is InChI=1S/C31H23N2PS/c1-4-14-24(15-5-1)34(25-16-6-2-7-17-25,26-18-8-3-9-19-26)33-28-21-11-10-20-27(28)31-32-29-22-12-13-23-30(29)35-31/h1-23H. The van der Waals surface area contributed by atoms with Gasteiger partial charge < -0.3 is 0 Å². The van der Waals surface area contributed by atoms with Crippen molar-refractivity contribution in [2.45, 2.75) is 0 Å². The summed E-state index contributed by atoms with van der Waals surface area (Å²) in [5.41, 5.74) is 3.06. The monoisotopic (exact) mass is 486 g/mol. The number of thiazole rings is 1. The fourth-order valence-electron chi connectivity index (χ4n) is 4.44. The van der Waals surface area contributed by atoms with Crippen LogP contribution < -0.4 is 15.9 Å². The maximum Gasteiger partial charge on any atom is 0.126 e. The highest BCUT2D eigenvalue weighted by Crippen LogP contribution is 2.51. The van der Waals surface area contributed by atoms with Gasteiger partial charge in [0.15, 0.2) is 0 Å². The Balaban J connectivity index is 1.70. The molecule has 1 aromatic heterocycles. The first-order valence-corrected chi connectivity index (χ1v) is 14.1. The highest BCUT2D eigenvalue weighted by molar-refractivity contribution is 7.87. The lowest BCUT2D eigenvalue weighted by molar-refractivity contribution is 1.45. The molecule has 6 aromatic rings. The third-order valence-corrected chi connectivity index (χ3v) is 10.8. The van der Waals surface area contributed by atoms with Crippen molar-refractivity contribution in [2.75, 3.05) is 0 Å². The molecule has 0 bridgehead atoms. The molecule has 0 spiro atoms. The second kappa shape index (κ2) is 9.46. The molecule has 2 nitrogen and oxygen atoms in total. The van der Waals surface area contributed by atoms with Gasteiger partial charge in [0, 0.05) is 21.5 Å². The van der Waals surface area contributed by atoms with E-state index in [1.165, 1.54) is 20.6 Å². The summed E-state index contributed by atoms with van der Waals surface area (Å²) in [5.74, 6) is 0. The molecule has 1 heterocycles. The van der Waals surface area contributed by atoms with Gasteiger partial charge in [-0.2, -0.15) is 0 Å². The summed E-state index contributed by atoms with van der Waals surface area (Å²) in [4.78, 5) is 4.96. The second-order valence-electron chi connectivity index (χ2n) is 8.25. The summed E-state index contributed by atoms with van der Waals surface area (Å²) in [5, 5.41) is 4.70. The zero-order valence-electron chi connectivity index (χ0n) is 19.0. The van der Waals surface area contributed by atoms with Gasteiger partial charge in [-0.1, -0.05) is 115 Å². The third kappa shape index (κ3) is 4.04. The van der Waals surface area contributed by atoms with Crippen molar-refractivity contribution in [3.05, 3.63) is 140 Å². The zero-order valence-corrected chi connectivity index (χ0v) is 20.7. The molecule has 168 valence electrons. The maximum absolute atomic E-state index is 5.73. The quantitative estimate of drug-likeness (QED) is 0.229. The number of fused-ring (bicyclic) bond motifs is 1. The van der Waals surface area contributed by atoms with Crippen molar-refractivity contribution in [1.82, 2.24) is 4.98 Å². The Hall–Kier alpha value is -3.78. The van der Waals surface area contributed by atoms with E-state index in [1.807, 2.05) is 6.07 Å². The maximum atomic E-state index is 5.73. The number of para-hydroxylation sites is 1. The minimum absolute atomic E-state index is 0.969. The molecule has 0 aliphatic heterocycles. The average Bonchev–Trinajstić information content (AvgIpc) is 3.38. The van der Waals surface area contributed by atoms with Crippen molar-refractivity contribution in [3.63, 3.8) is 0 Å². The predicted molar refractivity (Wildman–Crippen MR) is 152 cm³/mol. The highest BCUT2D eigenvalue weighted by Gasteiger charge is 2.28. The fraction of sp³-hybridized carbons (Fsp3) is 0. The number of nitrogens with zero attached hydrogens (tertiary/aromatic N) is 2. The van der Waals surface area contributed by atoms with Gasteiger partial charge in [-0.3, -0.25) is 4.74 Å².